The van der Waals surface area contributed by atoms with Crippen LogP contribution in [0.25, 0.3) is 0 Å². The van der Waals surface area contributed by atoms with E-state index in [0.29, 0.717) is 6.61 Å². The molecule has 0 atom stereocenters. The Hall–Kier alpha value is -1.55. The van der Waals surface area contributed by atoms with Crippen molar-refractivity contribution in [1.82, 2.24) is 4.90 Å². The number of esters is 1. The van der Waals surface area contributed by atoms with E-state index in [1.807, 2.05) is 13.8 Å². The normalized spacial score (nSPS) is 16.4. The number of piperidine rings is 1. The molecular formula is C17H29NO3. The van der Waals surface area contributed by atoms with Gasteiger partial charge in [-0.05, 0) is 38.1 Å². The van der Waals surface area contributed by atoms with Crippen LogP contribution in [-0.2, 0) is 14.3 Å². The molecule has 1 aliphatic heterocycles. The number of carbonyl (C=O) groups is 1. The Morgan fingerprint density at radius 1 is 1.29 bits per heavy atom. The van der Waals surface area contributed by atoms with Crippen molar-refractivity contribution in [3.05, 3.63) is 37.1 Å². The summed E-state index contributed by atoms with van der Waals surface area (Å²) in [4.78, 5) is 13.7. The van der Waals surface area contributed by atoms with Crippen LogP contribution in [0.3, 0.4) is 0 Å². The van der Waals surface area contributed by atoms with E-state index < -0.39 is 0 Å². The minimum absolute atomic E-state index is 0.0616. The highest BCUT2D eigenvalue weighted by Gasteiger charge is 2.25. The van der Waals surface area contributed by atoms with E-state index in [4.69, 9.17) is 9.47 Å². The number of methoxy groups -OCH3 is 1. The highest BCUT2D eigenvalue weighted by Crippen LogP contribution is 2.18. The van der Waals surface area contributed by atoms with E-state index in [-0.39, 0.29) is 11.9 Å². The Morgan fingerprint density at radius 3 is 2.38 bits per heavy atom. The van der Waals surface area contributed by atoms with Crippen molar-refractivity contribution in [2.75, 3.05) is 33.4 Å². The molecule has 0 spiro atoms. The second-order valence-corrected chi connectivity index (χ2v) is 4.50. The van der Waals surface area contributed by atoms with Gasteiger partial charge in [-0.25, -0.2) is 0 Å². The van der Waals surface area contributed by atoms with Gasteiger partial charge in [-0.2, -0.15) is 0 Å². The zero-order valence-corrected chi connectivity index (χ0v) is 13.6. The monoisotopic (exact) mass is 295 g/mol. The molecule has 0 unspecified atom stereocenters. The first-order valence-electron chi connectivity index (χ1n) is 7.59. The van der Waals surface area contributed by atoms with Crippen LogP contribution in [0, 0.1) is 5.92 Å². The molecule has 0 saturated carbocycles. The first-order chi connectivity index (χ1) is 10.2. The Labute approximate surface area is 129 Å². The predicted octanol–water partition coefficient (Wildman–Crippen LogP) is 3.17. The third-order valence-electron chi connectivity index (χ3n) is 3.28. The van der Waals surface area contributed by atoms with E-state index in [0.717, 1.165) is 38.2 Å². The second kappa shape index (κ2) is 12.2. The van der Waals surface area contributed by atoms with Crippen LogP contribution in [0.4, 0.5) is 0 Å². The van der Waals surface area contributed by atoms with E-state index >= 15 is 0 Å². The van der Waals surface area contributed by atoms with Gasteiger partial charge in [0, 0.05) is 6.54 Å². The van der Waals surface area contributed by atoms with Crippen molar-refractivity contribution in [3.63, 3.8) is 0 Å². The van der Waals surface area contributed by atoms with Crippen LogP contribution >= 0.6 is 0 Å². The summed E-state index contributed by atoms with van der Waals surface area (Å²) in [7, 11) is 1.45. The average Bonchev–Trinajstić information content (AvgIpc) is 2.55. The SMILES string of the molecule is C=C/C=C(\C=C)OCCN1CCC(C(=O)OC)CC1.CC. The lowest BCUT2D eigenvalue weighted by Gasteiger charge is -2.30. The summed E-state index contributed by atoms with van der Waals surface area (Å²) >= 11 is 0. The fourth-order valence-electron chi connectivity index (χ4n) is 2.14. The summed E-state index contributed by atoms with van der Waals surface area (Å²) in [5, 5.41) is 0. The van der Waals surface area contributed by atoms with Gasteiger partial charge >= 0.3 is 5.97 Å². The minimum Gasteiger partial charge on any atom is -0.492 e. The molecule has 1 heterocycles. The van der Waals surface area contributed by atoms with Crippen molar-refractivity contribution in [1.29, 1.82) is 0 Å². The number of rotatable bonds is 7. The van der Waals surface area contributed by atoms with E-state index in [1.165, 1.54) is 7.11 Å². The molecule has 0 aromatic rings. The Kier molecular flexibility index (Phi) is 11.3. The summed E-state index contributed by atoms with van der Waals surface area (Å²) in [6.45, 7) is 14.6. The van der Waals surface area contributed by atoms with Crippen LogP contribution in [0.5, 0.6) is 0 Å². The van der Waals surface area contributed by atoms with Crippen LogP contribution in [-0.4, -0.2) is 44.2 Å². The highest BCUT2D eigenvalue weighted by molar-refractivity contribution is 5.72. The molecule has 1 saturated heterocycles. The summed E-state index contributed by atoms with van der Waals surface area (Å²) in [6.07, 6.45) is 6.87. The van der Waals surface area contributed by atoms with Gasteiger partial charge in [0.1, 0.15) is 12.4 Å². The smallest absolute Gasteiger partial charge is 0.308 e. The van der Waals surface area contributed by atoms with Crippen LogP contribution in [0.15, 0.2) is 37.1 Å². The Balaban J connectivity index is 0.00000191. The van der Waals surface area contributed by atoms with Crippen molar-refractivity contribution in [3.8, 4) is 0 Å². The van der Waals surface area contributed by atoms with E-state index in [2.05, 4.69) is 18.1 Å². The molecule has 1 rings (SSSR count). The first-order valence-corrected chi connectivity index (χ1v) is 7.59. The van der Waals surface area contributed by atoms with Gasteiger partial charge in [-0.3, -0.25) is 9.69 Å². The maximum absolute atomic E-state index is 11.4. The van der Waals surface area contributed by atoms with Crippen molar-refractivity contribution in [2.24, 2.45) is 5.92 Å². The zero-order chi connectivity index (χ0) is 16.1. The Bertz CT molecular complexity index is 342. The number of carbonyl (C=O) groups excluding carboxylic acids is 1. The largest absolute Gasteiger partial charge is 0.492 e. The standard InChI is InChI=1S/C15H23NO3.C2H6/c1-4-6-14(5-2)19-12-11-16-9-7-13(8-10-16)15(17)18-3;1-2/h4-6,13H,1-2,7-12H2,3H3;1-2H3/b14-6+;. The summed E-state index contributed by atoms with van der Waals surface area (Å²) < 4.78 is 10.3. The minimum atomic E-state index is -0.0845. The van der Waals surface area contributed by atoms with Crippen LogP contribution in [0.1, 0.15) is 26.7 Å². The second-order valence-electron chi connectivity index (χ2n) is 4.50. The number of allylic oxidation sites excluding steroid dienone is 3. The molecule has 4 nitrogen and oxygen atoms in total. The number of hydrogen-bond acceptors (Lipinski definition) is 4. The van der Waals surface area contributed by atoms with Crippen LogP contribution in [0.2, 0.25) is 0 Å². The van der Waals surface area contributed by atoms with E-state index in [9.17, 15) is 4.79 Å². The molecule has 0 aliphatic carbocycles. The van der Waals surface area contributed by atoms with Crippen molar-refractivity contribution < 1.29 is 14.3 Å². The number of hydrogen-bond donors (Lipinski definition) is 0. The molecule has 0 aromatic heterocycles. The predicted molar refractivity (Wildman–Crippen MR) is 87.0 cm³/mol. The molecular weight excluding hydrogens is 266 g/mol. The lowest BCUT2D eigenvalue weighted by molar-refractivity contribution is -0.147. The molecule has 1 aliphatic rings. The van der Waals surface area contributed by atoms with Crippen molar-refractivity contribution in [2.45, 2.75) is 26.7 Å². The lowest BCUT2D eigenvalue weighted by Crippen LogP contribution is -2.38. The van der Waals surface area contributed by atoms with Gasteiger partial charge in [0.2, 0.25) is 0 Å². The summed E-state index contributed by atoms with van der Waals surface area (Å²) in [6, 6.07) is 0. The molecule has 0 N–H and O–H groups in total. The first kappa shape index (κ1) is 19.4. The lowest BCUT2D eigenvalue weighted by atomic mass is 9.97. The summed E-state index contributed by atoms with van der Waals surface area (Å²) in [5.74, 6) is 0.713. The molecule has 1 fully saturated rings. The fraction of sp³-hybridized carbons (Fsp3) is 0.588. The quantitative estimate of drug-likeness (QED) is 0.411. The highest BCUT2D eigenvalue weighted by atomic mass is 16.5. The molecule has 120 valence electrons. The summed E-state index contributed by atoms with van der Waals surface area (Å²) in [5.41, 5.74) is 0. The molecule has 0 amide bonds. The molecule has 21 heavy (non-hydrogen) atoms. The van der Waals surface area contributed by atoms with Gasteiger partial charge in [-0.15, -0.1) is 0 Å². The molecule has 0 aromatic carbocycles. The topological polar surface area (TPSA) is 38.8 Å². The molecule has 0 radical (unpaired) electrons. The molecule has 0 bridgehead atoms. The third-order valence-corrected chi connectivity index (χ3v) is 3.28. The zero-order valence-electron chi connectivity index (χ0n) is 13.6. The van der Waals surface area contributed by atoms with Gasteiger partial charge < -0.3 is 9.47 Å². The maximum Gasteiger partial charge on any atom is 0.308 e. The average molecular weight is 295 g/mol. The van der Waals surface area contributed by atoms with Gasteiger partial charge in [0.05, 0.1) is 13.0 Å². The van der Waals surface area contributed by atoms with Gasteiger partial charge in [0.25, 0.3) is 0 Å². The van der Waals surface area contributed by atoms with Gasteiger partial charge in [0.15, 0.2) is 0 Å². The maximum atomic E-state index is 11.4. The van der Waals surface area contributed by atoms with Crippen molar-refractivity contribution >= 4 is 5.97 Å². The van der Waals surface area contributed by atoms with Crippen LogP contribution < -0.4 is 0 Å². The molecule has 4 heteroatoms. The van der Waals surface area contributed by atoms with E-state index in [1.54, 1.807) is 18.2 Å². The number of likely N-dealkylation sites (tertiary alicyclic amines) is 1. The number of ether oxygens (including phenoxy) is 2. The Morgan fingerprint density at radius 2 is 1.90 bits per heavy atom. The third kappa shape index (κ3) is 7.71. The number of nitrogens with zero attached hydrogens (tertiary/aromatic N) is 1. The fourth-order valence-corrected chi connectivity index (χ4v) is 2.14. The van der Waals surface area contributed by atoms with Gasteiger partial charge in [-0.1, -0.05) is 33.1 Å².